The van der Waals surface area contributed by atoms with Crippen LogP contribution in [0.5, 0.6) is 0 Å². The second kappa shape index (κ2) is 7.67. The molecule has 1 unspecified atom stereocenters. The van der Waals surface area contributed by atoms with Crippen LogP contribution < -0.4 is 15.8 Å². The quantitative estimate of drug-likeness (QED) is 0.669. The van der Waals surface area contributed by atoms with Crippen molar-refractivity contribution in [1.82, 2.24) is 15.8 Å². The summed E-state index contributed by atoms with van der Waals surface area (Å²) in [6.45, 7) is 0.0374. The molecule has 0 saturated carbocycles. The molecule has 1 saturated heterocycles. The minimum atomic E-state index is -0.702. The lowest BCUT2D eigenvalue weighted by Crippen LogP contribution is -2.45. The molecule has 1 aromatic heterocycles. The first-order valence-corrected chi connectivity index (χ1v) is 9.04. The average molecular weight is 392 g/mol. The predicted octanol–water partition coefficient (Wildman–Crippen LogP) is 2.19. The molecule has 146 valence electrons. The third-order valence-electron chi connectivity index (χ3n) is 4.77. The van der Waals surface area contributed by atoms with Gasteiger partial charge in [-0.25, -0.2) is 9.37 Å². The van der Waals surface area contributed by atoms with E-state index in [2.05, 4.69) is 15.8 Å². The number of hydrogen-bond donors (Lipinski definition) is 2. The summed E-state index contributed by atoms with van der Waals surface area (Å²) in [5, 5.41) is 0.894. The van der Waals surface area contributed by atoms with Gasteiger partial charge < -0.3 is 4.90 Å². The SMILES string of the molecule is O=C(NNC(=O)C1CC(=O)N(c2ccccc2F)C1)c1ccc2ccccc2n1. The number of amides is 3. The van der Waals surface area contributed by atoms with Crippen LogP contribution in [-0.2, 0) is 9.59 Å². The van der Waals surface area contributed by atoms with Crippen molar-refractivity contribution in [3.63, 3.8) is 0 Å². The normalized spacial score (nSPS) is 16.1. The van der Waals surface area contributed by atoms with Crippen molar-refractivity contribution < 1.29 is 18.8 Å². The van der Waals surface area contributed by atoms with E-state index < -0.39 is 23.5 Å². The number of rotatable bonds is 3. The summed E-state index contributed by atoms with van der Waals surface area (Å²) in [7, 11) is 0. The largest absolute Gasteiger partial charge is 0.309 e. The molecule has 1 atom stereocenters. The number of aromatic nitrogens is 1. The number of carbonyl (C=O) groups excluding carboxylic acids is 3. The number of halogens is 1. The van der Waals surface area contributed by atoms with Crippen LogP contribution in [0.4, 0.5) is 10.1 Å². The van der Waals surface area contributed by atoms with Gasteiger partial charge in [-0.15, -0.1) is 0 Å². The topological polar surface area (TPSA) is 91.4 Å². The number of hydrogen-bond acceptors (Lipinski definition) is 4. The molecule has 0 spiro atoms. The zero-order chi connectivity index (χ0) is 20.4. The summed E-state index contributed by atoms with van der Waals surface area (Å²) < 4.78 is 13.9. The monoisotopic (exact) mass is 392 g/mol. The van der Waals surface area contributed by atoms with Gasteiger partial charge in [-0.3, -0.25) is 25.2 Å². The van der Waals surface area contributed by atoms with Crippen molar-refractivity contribution in [2.75, 3.05) is 11.4 Å². The lowest BCUT2D eigenvalue weighted by atomic mass is 10.1. The Morgan fingerprint density at radius 3 is 2.59 bits per heavy atom. The van der Waals surface area contributed by atoms with Crippen molar-refractivity contribution >= 4 is 34.3 Å². The molecule has 29 heavy (non-hydrogen) atoms. The first-order chi connectivity index (χ1) is 14.0. The Morgan fingerprint density at radius 2 is 1.76 bits per heavy atom. The number of fused-ring (bicyclic) bond motifs is 1. The summed E-state index contributed by atoms with van der Waals surface area (Å²) in [5.74, 6) is -2.67. The zero-order valence-electron chi connectivity index (χ0n) is 15.3. The van der Waals surface area contributed by atoms with Crippen molar-refractivity contribution in [3.05, 3.63) is 72.2 Å². The van der Waals surface area contributed by atoms with Gasteiger partial charge in [0.05, 0.1) is 17.1 Å². The molecule has 2 N–H and O–H groups in total. The molecule has 8 heteroatoms. The number of carbonyl (C=O) groups is 3. The lowest BCUT2D eigenvalue weighted by molar-refractivity contribution is -0.126. The van der Waals surface area contributed by atoms with E-state index >= 15 is 0 Å². The summed E-state index contributed by atoms with van der Waals surface area (Å²) in [4.78, 5) is 42.4. The first-order valence-electron chi connectivity index (χ1n) is 9.04. The predicted molar refractivity (Wildman–Crippen MR) is 104 cm³/mol. The fourth-order valence-corrected chi connectivity index (χ4v) is 3.26. The number of hydrazine groups is 1. The van der Waals surface area contributed by atoms with E-state index in [9.17, 15) is 18.8 Å². The third kappa shape index (κ3) is 3.77. The highest BCUT2D eigenvalue weighted by Gasteiger charge is 2.36. The molecular weight excluding hydrogens is 375 g/mol. The molecule has 2 aromatic carbocycles. The molecule has 0 bridgehead atoms. The van der Waals surface area contributed by atoms with Gasteiger partial charge in [-0.1, -0.05) is 36.4 Å². The van der Waals surface area contributed by atoms with E-state index in [-0.39, 0.29) is 30.3 Å². The molecule has 0 radical (unpaired) electrons. The number of nitrogens with one attached hydrogen (secondary N) is 2. The van der Waals surface area contributed by atoms with Crippen molar-refractivity contribution in [3.8, 4) is 0 Å². The van der Waals surface area contributed by atoms with E-state index in [0.29, 0.717) is 5.52 Å². The zero-order valence-corrected chi connectivity index (χ0v) is 15.3. The summed E-state index contributed by atoms with van der Waals surface area (Å²) >= 11 is 0. The van der Waals surface area contributed by atoms with Crippen molar-refractivity contribution in [2.24, 2.45) is 5.92 Å². The Balaban J connectivity index is 1.38. The standard InChI is InChI=1S/C21H17FN4O3/c22-15-6-2-4-8-18(15)26-12-14(11-19(26)27)20(28)24-25-21(29)17-10-9-13-5-1-3-7-16(13)23-17/h1-10,14H,11-12H2,(H,24,28)(H,25,29). The van der Waals surface area contributed by atoms with Gasteiger partial charge in [-0.2, -0.15) is 0 Å². The van der Waals surface area contributed by atoms with Crippen LogP contribution in [0.15, 0.2) is 60.7 Å². The Bertz CT molecular complexity index is 1120. The Morgan fingerprint density at radius 1 is 1.00 bits per heavy atom. The van der Waals surface area contributed by atoms with Crippen LogP contribution in [0.2, 0.25) is 0 Å². The van der Waals surface area contributed by atoms with E-state index in [1.54, 1.807) is 24.3 Å². The minimum absolute atomic E-state index is 0.0374. The third-order valence-corrected chi connectivity index (χ3v) is 4.77. The molecule has 3 aromatic rings. The van der Waals surface area contributed by atoms with Gasteiger partial charge in [0.1, 0.15) is 11.5 Å². The van der Waals surface area contributed by atoms with Crippen LogP contribution in [0.25, 0.3) is 10.9 Å². The highest BCUT2D eigenvalue weighted by molar-refractivity contribution is 6.01. The summed E-state index contributed by atoms with van der Waals surface area (Å²) in [6, 6.07) is 16.6. The molecule has 2 heterocycles. The molecule has 3 amide bonds. The molecule has 1 fully saturated rings. The van der Waals surface area contributed by atoms with Gasteiger partial charge >= 0.3 is 0 Å². The molecule has 7 nitrogen and oxygen atoms in total. The van der Waals surface area contributed by atoms with Crippen LogP contribution in [0.3, 0.4) is 0 Å². The number of benzene rings is 2. The van der Waals surface area contributed by atoms with Crippen LogP contribution in [0.1, 0.15) is 16.9 Å². The Labute approximate surface area is 165 Å². The second-order valence-corrected chi connectivity index (χ2v) is 6.69. The van der Waals surface area contributed by atoms with E-state index in [0.717, 1.165) is 5.39 Å². The van der Waals surface area contributed by atoms with E-state index in [4.69, 9.17) is 0 Å². The fraction of sp³-hybridized carbons (Fsp3) is 0.143. The van der Waals surface area contributed by atoms with Crippen molar-refractivity contribution in [2.45, 2.75) is 6.42 Å². The highest BCUT2D eigenvalue weighted by atomic mass is 19.1. The van der Waals surface area contributed by atoms with Gasteiger partial charge in [-0.05, 0) is 24.3 Å². The number of nitrogens with zero attached hydrogens (tertiary/aromatic N) is 2. The average Bonchev–Trinajstić information content (AvgIpc) is 3.13. The minimum Gasteiger partial charge on any atom is -0.309 e. The van der Waals surface area contributed by atoms with Crippen LogP contribution in [-0.4, -0.2) is 29.3 Å². The Kier molecular flexibility index (Phi) is 4.90. The Hall–Kier alpha value is -3.81. The number of pyridine rings is 1. The smallest absolute Gasteiger partial charge is 0.288 e. The molecule has 4 rings (SSSR count). The molecule has 1 aliphatic rings. The number of para-hydroxylation sites is 2. The van der Waals surface area contributed by atoms with Crippen LogP contribution in [0, 0.1) is 11.7 Å². The summed E-state index contributed by atoms with van der Waals surface area (Å²) in [6.07, 6.45) is -0.0652. The van der Waals surface area contributed by atoms with Gasteiger partial charge in [0, 0.05) is 18.4 Å². The molecular formula is C21H17FN4O3. The summed E-state index contributed by atoms with van der Waals surface area (Å²) in [5.41, 5.74) is 5.59. The van der Waals surface area contributed by atoms with E-state index in [1.165, 1.54) is 23.1 Å². The maximum Gasteiger partial charge on any atom is 0.288 e. The fourth-order valence-electron chi connectivity index (χ4n) is 3.26. The maximum atomic E-state index is 13.9. The molecule has 0 aliphatic carbocycles. The van der Waals surface area contributed by atoms with Gasteiger partial charge in [0.2, 0.25) is 11.8 Å². The van der Waals surface area contributed by atoms with Crippen molar-refractivity contribution in [1.29, 1.82) is 0 Å². The van der Waals surface area contributed by atoms with Gasteiger partial charge in [0.25, 0.3) is 5.91 Å². The van der Waals surface area contributed by atoms with Gasteiger partial charge in [0.15, 0.2) is 0 Å². The second-order valence-electron chi connectivity index (χ2n) is 6.69. The van der Waals surface area contributed by atoms with E-state index in [1.807, 2.05) is 18.2 Å². The van der Waals surface area contributed by atoms with Crippen LogP contribution >= 0.6 is 0 Å². The highest BCUT2D eigenvalue weighted by Crippen LogP contribution is 2.27. The number of anilines is 1. The lowest BCUT2D eigenvalue weighted by Gasteiger charge is -2.17. The first kappa shape index (κ1) is 18.5. The molecule has 1 aliphatic heterocycles. The maximum absolute atomic E-state index is 13.9.